The van der Waals surface area contributed by atoms with Crippen molar-refractivity contribution in [1.82, 2.24) is 5.32 Å². The molecule has 2 aromatic carbocycles. The van der Waals surface area contributed by atoms with Gasteiger partial charge in [-0.05, 0) is 30.2 Å². The van der Waals surface area contributed by atoms with Crippen molar-refractivity contribution in [1.29, 1.82) is 0 Å². The molecule has 1 unspecified atom stereocenters. The Hall–Kier alpha value is -2.29. The molecule has 3 heteroatoms. The molecule has 3 N–H and O–H groups in total. The van der Waals surface area contributed by atoms with Gasteiger partial charge in [-0.25, -0.2) is 0 Å². The van der Waals surface area contributed by atoms with Crippen molar-refractivity contribution in [2.24, 2.45) is 0 Å². The molecule has 0 saturated heterocycles. The maximum absolute atomic E-state index is 11.9. The molecule has 0 aromatic heterocycles. The molecule has 0 aliphatic rings. The number of carbonyl (C=O) groups excluding carboxylic acids is 1. The van der Waals surface area contributed by atoms with Gasteiger partial charge in [0.15, 0.2) is 0 Å². The SMILES string of the molecule is CC(NC(=O)Cc1ccc(N)cc1)c1ccccc1. The summed E-state index contributed by atoms with van der Waals surface area (Å²) in [5, 5.41) is 2.99. The molecule has 0 radical (unpaired) electrons. The summed E-state index contributed by atoms with van der Waals surface area (Å²) >= 11 is 0. The third-order valence-electron chi connectivity index (χ3n) is 3.02. The molecule has 3 nitrogen and oxygen atoms in total. The highest BCUT2D eigenvalue weighted by Crippen LogP contribution is 2.12. The van der Waals surface area contributed by atoms with Crippen LogP contribution in [0, 0.1) is 0 Å². The van der Waals surface area contributed by atoms with Gasteiger partial charge in [0.1, 0.15) is 0 Å². The fourth-order valence-corrected chi connectivity index (χ4v) is 1.94. The van der Waals surface area contributed by atoms with Crippen LogP contribution >= 0.6 is 0 Å². The number of anilines is 1. The molecule has 0 aliphatic carbocycles. The van der Waals surface area contributed by atoms with Crippen molar-refractivity contribution in [2.75, 3.05) is 5.73 Å². The molecule has 0 fully saturated rings. The summed E-state index contributed by atoms with van der Waals surface area (Å²) in [6.07, 6.45) is 0.372. The van der Waals surface area contributed by atoms with E-state index in [1.165, 1.54) is 0 Å². The second kappa shape index (κ2) is 6.05. The Balaban J connectivity index is 1.93. The zero-order valence-electron chi connectivity index (χ0n) is 11.0. The van der Waals surface area contributed by atoms with Crippen LogP contribution in [0.5, 0.6) is 0 Å². The molecule has 0 saturated carbocycles. The quantitative estimate of drug-likeness (QED) is 0.824. The van der Waals surface area contributed by atoms with E-state index in [1.54, 1.807) is 0 Å². The second-order valence-electron chi connectivity index (χ2n) is 4.62. The zero-order chi connectivity index (χ0) is 13.7. The van der Waals surface area contributed by atoms with E-state index in [9.17, 15) is 4.79 Å². The number of nitrogen functional groups attached to an aromatic ring is 1. The Morgan fingerprint density at radius 3 is 2.37 bits per heavy atom. The summed E-state index contributed by atoms with van der Waals surface area (Å²) in [6, 6.07) is 17.3. The van der Waals surface area contributed by atoms with E-state index in [1.807, 2.05) is 61.5 Å². The average molecular weight is 254 g/mol. The number of rotatable bonds is 4. The Morgan fingerprint density at radius 2 is 1.74 bits per heavy atom. The number of hydrogen-bond acceptors (Lipinski definition) is 2. The van der Waals surface area contributed by atoms with Gasteiger partial charge in [-0.15, -0.1) is 0 Å². The van der Waals surface area contributed by atoms with E-state index in [0.717, 1.165) is 11.1 Å². The van der Waals surface area contributed by atoms with Gasteiger partial charge in [-0.3, -0.25) is 4.79 Å². The number of hydrogen-bond donors (Lipinski definition) is 2. The van der Waals surface area contributed by atoms with Crippen LogP contribution in [0.4, 0.5) is 5.69 Å². The molecule has 0 heterocycles. The number of benzene rings is 2. The van der Waals surface area contributed by atoms with E-state index >= 15 is 0 Å². The van der Waals surface area contributed by atoms with E-state index in [0.29, 0.717) is 12.1 Å². The lowest BCUT2D eigenvalue weighted by Gasteiger charge is -2.14. The topological polar surface area (TPSA) is 55.1 Å². The van der Waals surface area contributed by atoms with Gasteiger partial charge >= 0.3 is 0 Å². The predicted octanol–water partition coefficient (Wildman–Crippen LogP) is 2.69. The summed E-state index contributed by atoms with van der Waals surface area (Å²) in [6.45, 7) is 1.98. The molecule has 2 rings (SSSR count). The van der Waals surface area contributed by atoms with Crippen LogP contribution in [-0.4, -0.2) is 5.91 Å². The van der Waals surface area contributed by atoms with Crippen LogP contribution in [0.2, 0.25) is 0 Å². The normalized spacial score (nSPS) is 11.8. The molecule has 1 atom stereocenters. The monoisotopic (exact) mass is 254 g/mol. The molecule has 1 amide bonds. The Labute approximate surface area is 113 Å². The molecule has 19 heavy (non-hydrogen) atoms. The second-order valence-corrected chi connectivity index (χ2v) is 4.62. The summed E-state index contributed by atoms with van der Waals surface area (Å²) in [5.74, 6) is 0.0149. The fraction of sp³-hybridized carbons (Fsp3) is 0.188. The molecular weight excluding hydrogens is 236 g/mol. The fourth-order valence-electron chi connectivity index (χ4n) is 1.94. The van der Waals surface area contributed by atoms with Gasteiger partial charge < -0.3 is 11.1 Å². The smallest absolute Gasteiger partial charge is 0.224 e. The highest BCUT2D eigenvalue weighted by atomic mass is 16.1. The summed E-state index contributed by atoms with van der Waals surface area (Å²) in [4.78, 5) is 11.9. The predicted molar refractivity (Wildman–Crippen MR) is 77.6 cm³/mol. The van der Waals surface area contributed by atoms with Crippen LogP contribution in [0.15, 0.2) is 54.6 Å². The van der Waals surface area contributed by atoms with Crippen LogP contribution in [-0.2, 0) is 11.2 Å². The summed E-state index contributed by atoms with van der Waals surface area (Å²) in [5.41, 5.74) is 8.39. The number of carbonyl (C=O) groups is 1. The highest BCUT2D eigenvalue weighted by Gasteiger charge is 2.09. The molecule has 98 valence electrons. The third-order valence-corrected chi connectivity index (χ3v) is 3.02. The lowest BCUT2D eigenvalue weighted by molar-refractivity contribution is -0.121. The lowest BCUT2D eigenvalue weighted by atomic mass is 10.1. The molecule has 2 aromatic rings. The minimum absolute atomic E-state index is 0.0149. The first-order chi connectivity index (χ1) is 9.15. The van der Waals surface area contributed by atoms with Gasteiger partial charge in [-0.1, -0.05) is 42.5 Å². The van der Waals surface area contributed by atoms with Crippen molar-refractivity contribution in [2.45, 2.75) is 19.4 Å². The Kier molecular flexibility index (Phi) is 4.18. The van der Waals surface area contributed by atoms with Gasteiger partial charge in [0, 0.05) is 5.69 Å². The maximum Gasteiger partial charge on any atom is 0.224 e. The average Bonchev–Trinajstić information content (AvgIpc) is 2.42. The number of amides is 1. The summed E-state index contributed by atoms with van der Waals surface area (Å²) < 4.78 is 0. The van der Waals surface area contributed by atoms with Crippen LogP contribution in [0.3, 0.4) is 0 Å². The molecule has 0 bridgehead atoms. The third kappa shape index (κ3) is 3.85. The van der Waals surface area contributed by atoms with Gasteiger partial charge in [0.05, 0.1) is 12.5 Å². The first-order valence-corrected chi connectivity index (χ1v) is 6.34. The van der Waals surface area contributed by atoms with Crippen LogP contribution < -0.4 is 11.1 Å². The van der Waals surface area contributed by atoms with Crippen molar-refractivity contribution in [3.63, 3.8) is 0 Å². The lowest BCUT2D eigenvalue weighted by Crippen LogP contribution is -2.28. The molecular formula is C16H18N2O. The van der Waals surface area contributed by atoms with Crippen molar-refractivity contribution >= 4 is 11.6 Å². The maximum atomic E-state index is 11.9. The highest BCUT2D eigenvalue weighted by molar-refractivity contribution is 5.79. The standard InChI is InChI=1S/C16H18N2O/c1-12(14-5-3-2-4-6-14)18-16(19)11-13-7-9-15(17)10-8-13/h2-10,12H,11,17H2,1H3,(H,18,19). The van der Waals surface area contributed by atoms with Crippen LogP contribution in [0.25, 0.3) is 0 Å². The molecule has 0 aliphatic heterocycles. The number of nitrogens with two attached hydrogens (primary N) is 1. The van der Waals surface area contributed by atoms with Crippen LogP contribution in [0.1, 0.15) is 24.1 Å². The van der Waals surface area contributed by atoms with E-state index < -0.39 is 0 Å². The first kappa shape index (κ1) is 13.1. The number of nitrogens with one attached hydrogen (secondary N) is 1. The van der Waals surface area contributed by atoms with Gasteiger partial charge in [-0.2, -0.15) is 0 Å². The van der Waals surface area contributed by atoms with Gasteiger partial charge in [0.25, 0.3) is 0 Å². The van der Waals surface area contributed by atoms with Crippen molar-refractivity contribution < 1.29 is 4.79 Å². The van der Waals surface area contributed by atoms with E-state index in [-0.39, 0.29) is 11.9 Å². The van der Waals surface area contributed by atoms with E-state index in [4.69, 9.17) is 5.73 Å². The zero-order valence-corrected chi connectivity index (χ0v) is 11.0. The van der Waals surface area contributed by atoms with Crippen molar-refractivity contribution in [3.8, 4) is 0 Å². The van der Waals surface area contributed by atoms with E-state index in [2.05, 4.69) is 5.32 Å². The van der Waals surface area contributed by atoms with Gasteiger partial charge in [0.2, 0.25) is 5.91 Å². The Morgan fingerprint density at radius 1 is 1.11 bits per heavy atom. The minimum Gasteiger partial charge on any atom is -0.399 e. The Bertz CT molecular complexity index is 534. The largest absolute Gasteiger partial charge is 0.399 e. The molecule has 0 spiro atoms. The summed E-state index contributed by atoms with van der Waals surface area (Å²) in [7, 11) is 0. The van der Waals surface area contributed by atoms with Crippen molar-refractivity contribution in [3.05, 3.63) is 65.7 Å². The minimum atomic E-state index is 0.0149. The first-order valence-electron chi connectivity index (χ1n) is 6.34.